The first-order chi connectivity index (χ1) is 18.2. The zero-order valence-corrected chi connectivity index (χ0v) is 21.3. The van der Waals surface area contributed by atoms with Crippen LogP contribution in [0.15, 0.2) is 41.2 Å². The van der Waals surface area contributed by atoms with Gasteiger partial charge in [-0.1, -0.05) is 6.92 Å². The lowest BCUT2D eigenvalue weighted by atomic mass is 9.95. The highest BCUT2D eigenvalue weighted by atomic mass is 19.4. The summed E-state index contributed by atoms with van der Waals surface area (Å²) in [5.41, 5.74) is -1.14. The van der Waals surface area contributed by atoms with Gasteiger partial charge < -0.3 is 20.5 Å². The fraction of sp³-hybridized carbons (Fsp3) is 0.423. The Morgan fingerprint density at radius 2 is 1.82 bits per heavy atom. The summed E-state index contributed by atoms with van der Waals surface area (Å²) in [6.07, 6.45) is -8.98. The number of rotatable bonds is 5. The Balaban J connectivity index is 1.60. The van der Waals surface area contributed by atoms with Gasteiger partial charge in [-0.25, -0.2) is 4.98 Å². The monoisotopic (exact) mass is 555 g/mol. The van der Waals surface area contributed by atoms with Crippen LogP contribution < -0.4 is 16.2 Å². The van der Waals surface area contributed by atoms with Gasteiger partial charge in [0.2, 0.25) is 0 Å². The van der Waals surface area contributed by atoms with Crippen molar-refractivity contribution in [2.24, 2.45) is 0 Å². The van der Waals surface area contributed by atoms with Crippen LogP contribution in [0.1, 0.15) is 53.6 Å². The molecule has 7 nitrogen and oxygen atoms in total. The van der Waals surface area contributed by atoms with Crippen LogP contribution in [-0.4, -0.2) is 52.1 Å². The highest BCUT2D eigenvalue weighted by molar-refractivity contribution is 5.95. The highest BCUT2D eigenvalue weighted by Crippen LogP contribution is 2.38. The van der Waals surface area contributed by atoms with Gasteiger partial charge in [0.25, 0.3) is 11.5 Å². The third-order valence-corrected chi connectivity index (χ3v) is 6.78. The molecule has 0 unspecified atom stereocenters. The summed E-state index contributed by atoms with van der Waals surface area (Å²) in [6.45, 7) is 4.25. The number of hydrogen-bond donors (Lipinski definition) is 3. The maximum Gasteiger partial charge on any atom is 0.416 e. The Morgan fingerprint density at radius 1 is 1.15 bits per heavy atom. The number of benzene rings is 2. The van der Waals surface area contributed by atoms with Crippen molar-refractivity contribution in [3.8, 4) is 0 Å². The van der Waals surface area contributed by atoms with Gasteiger partial charge in [0.05, 0.1) is 22.5 Å². The van der Waals surface area contributed by atoms with Crippen molar-refractivity contribution in [3.05, 3.63) is 69.3 Å². The van der Waals surface area contributed by atoms with E-state index in [2.05, 4.69) is 20.6 Å². The first kappa shape index (κ1) is 28.4. The topological polar surface area (TPSA) is 90.1 Å². The number of aromatic amines is 1. The van der Waals surface area contributed by atoms with E-state index in [1.54, 1.807) is 13.8 Å². The first-order valence-corrected chi connectivity index (χ1v) is 12.3. The molecule has 3 atom stereocenters. The van der Waals surface area contributed by atoms with Crippen molar-refractivity contribution in [1.29, 1.82) is 0 Å². The zero-order chi connectivity index (χ0) is 28.7. The Labute approximate surface area is 219 Å². The first-order valence-electron chi connectivity index (χ1n) is 12.3. The molecule has 0 bridgehead atoms. The molecule has 210 valence electrons. The molecule has 0 radical (unpaired) electrons. The van der Waals surface area contributed by atoms with Gasteiger partial charge in [-0.15, -0.1) is 0 Å². The van der Waals surface area contributed by atoms with Gasteiger partial charge in [-0.2, -0.15) is 26.3 Å². The van der Waals surface area contributed by atoms with Crippen molar-refractivity contribution >= 4 is 22.5 Å². The summed E-state index contributed by atoms with van der Waals surface area (Å²) >= 11 is 0. The number of aromatic nitrogens is 2. The number of amides is 1. The number of nitrogens with one attached hydrogen (secondary N) is 3. The third-order valence-electron chi connectivity index (χ3n) is 6.78. The molecule has 0 spiro atoms. The molecule has 2 heterocycles. The number of H-pyrrole nitrogens is 1. The number of carbonyl (C=O) groups excluding carboxylic acids is 1. The number of hydrogen-bond acceptors (Lipinski definition) is 5. The predicted molar refractivity (Wildman–Crippen MR) is 134 cm³/mol. The maximum absolute atomic E-state index is 14.0. The standard InChI is InChI=1S/C26H27F6N5O2/c1-4-20(17-9-18-21(10-19(17)25(27,28)29)34-14(3)35-23(18)38)36-16-7-5-15(6-8-16)24(39)37-12-22(26(30,31)32)33-11-13(37)2/h5-10,13,20,22,33,36H,4,11-12H2,1-3H3,(H,34,35,38)/t13-,20-,22-/m0/s1. The summed E-state index contributed by atoms with van der Waals surface area (Å²) < 4.78 is 81.6. The molecule has 3 N–H and O–H groups in total. The van der Waals surface area contributed by atoms with E-state index >= 15 is 0 Å². The van der Waals surface area contributed by atoms with Crippen molar-refractivity contribution < 1.29 is 31.1 Å². The average molecular weight is 556 g/mol. The van der Waals surface area contributed by atoms with Gasteiger partial charge in [0.15, 0.2) is 0 Å². The maximum atomic E-state index is 14.0. The van der Waals surface area contributed by atoms with Crippen LogP contribution in [0.4, 0.5) is 32.0 Å². The molecule has 1 aliphatic rings. The molecule has 0 aliphatic carbocycles. The lowest BCUT2D eigenvalue weighted by Gasteiger charge is -2.39. The number of alkyl halides is 6. The Morgan fingerprint density at radius 3 is 2.41 bits per heavy atom. The van der Waals surface area contributed by atoms with E-state index in [0.29, 0.717) is 5.69 Å². The summed E-state index contributed by atoms with van der Waals surface area (Å²) in [6, 6.07) is 4.69. The zero-order valence-electron chi connectivity index (χ0n) is 21.3. The van der Waals surface area contributed by atoms with Crippen LogP contribution in [0.3, 0.4) is 0 Å². The van der Waals surface area contributed by atoms with Gasteiger partial charge in [-0.3, -0.25) is 9.59 Å². The van der Waals surface area contributed by atoms with Gasteiger partial charge in [0, 0.05) is 30.4 Å². The second-order valence-electron chi connectivity index (χ2n) is 9.60. The van der Waals surface area contributed by atoms with E-state index in [-0.39, 0.29) is 40.8 Å². The fourth-order valence-corrected chi connectivity index (χ4v) is 4.70. The van der Waals surface area contributed by atoms with Gasteiger partial charge in [0.1, 0.15) is 11.9 Å². The number of halogens is 6. The van der Waals surface area contributed by atoms with Gasteiger partial charge >= 0.3 is 12.4 Å². The van der Waals surface area contributed by atoms with E-state index in [1.165, 1.54) is 37.3 Å². The second-order valence-corrected chi connectivity index (χ2v) is 9.60. The van der Waals surface area contributed by atoms with Crippen LogP contribution in [0.2, 0.25) is 0 Å². The molecule has 1 aromatic heterocycles. The van der Waals surface area contributed by atoms with Crippen LogP contribution in [0, 0.1) is 6.92 Å². The average Bonchev–Trinajstić information content (AvgIpc) is 2.85. The third kappa shape index (κ3) is 6.02. The summed E-state index contributed by atoms with van der Waals surface area (Å²) in [5.74, 6) is -0.384. The molecular weight excluding hydrogens is 528 g/mol. The van der Waals surface area contributed by atoms with Crippen molar-refractivity contribution in [1.82, 2.24) is 20.2 Å². The summed E-state index contributed by atoms with van der Waals surface area (Å²) in [7, 11) is 0. The van der Waals surface area contributed by atoms with E-state index in [9.17, 15) is 35.9 Å². The number of piperazine rings is 1. The molecule has 3 aromatic rings. The minimum Gasteiger partial charge on any atom is -0.378 e. The van der Waals surface area contributed by atoms with Crippen molar-refractivity contribution in [2.75, 3.05) is 18.4 Å². The smallest absolute Gasteiger partial charge is 0.378 e. The lowest BCUT2D eigenvalue weighted by molar-refractivity contribution is -0.164. The molecule has 4 rings (SSSR count). The fourth-order valence-electron chi connectivity index (χ4n) is 4.70. The van der Waals surface area contributed by atoms with E-state index in [1.807, 2.05) is 0 Å². The molecule has 13 heteroatoms. The van der Waals surface area contributed by atoms with Crippen molar-refractivity contribution in [3.63, 3.8) is 0 Å². The number of carbonyl (C=O) groups is 1. The van der Waals surface area contributed by atoms with Crippen LogP contribution >= 0.6 is 0 Å². The minimum atomic E-state index is -4.71. The molecule has 1 amide bonds. The molecule has 1 saturated heterocycles. The largest absolute Gasteiger partial charge is 0.416 e. The van der Waals surface area contributed by atoms with E-state index in [0.717, 1.165) is 11.0 Å². The van der Waals surface area contributed by atoms with Crippen molar-refractivity contribution in [2.45, 2.75) is 57.7 Å². The van der Waals surface area contributed by atoms with E-state index in [4.69, 9.17) is 0 Å². The van der Waals surface area contributed by atoms with E-state index < -0.39 is 54.1 Å². The van der Waals surface area contributed by atoms with Gasteiger partial charge in [-0.05, 0) is 62.2 Å². The molecular formula is C26H27F6N5O2. The summed E-state index contributed by atoms with van der Waals surface area (Å²) in [4.78, 5) is 33.1. The van der Waals surface area contributed by atoms with Crippen LogP contribution in [0.25, 0.3) is 10.9 Å². The SMILES string of the molecule is CC[C@H](Nc1ccc(C(=O)N2C[C@@H](C(F)(F)F)NC[C@@H]2C)cc1)c1cc2c(=O)[nH]c(C)nc2cc1C(F)(F)F. The number of aryl methyl sites for hydroxylation is 1. The number of nitrogens with zero attached hydrogens (tertiary/aromatic N) is 2. The Hall–Kier alpha value is -3.61. The Kier molecular flexibility index (Phi) is 7.66. The molecule has 0 saturated carbocycles. The lowest BCUT2D eigenvalue weighted by Crippen LogP contribution is -2.61. The number of fused-ring (bicyclic) bond motifs is 1. The quantitative estimate of drug-likeness (QED) is 0.378. The molecule has 2 aromatic carbocycles. The number of anilines is 1. The normalized spacial score (nSPS) is 19.3. The molecule has 1 fully saturated rings. The highest BCUT2D eigenvalue weighted by Gasteiger charge is 2.44. The van der Waals surface area contributed by atoms with Crippen LogP contribution in [0.5, 0.6) is 0 Å². The summed E-state index contributed by atoms with van der Waals surface area (Å²) in [5, 5.41) is 5.43. The van der Waals surface area contributed by atoms with Crippen LogP contribution in [-0.2, 0) is 6.18 Å². The predicted octanol–water partition coefficient (Wildman–Crippen LogP) is 5.18. The Bertz CT molecular complexity index is 1420. The molecule has 39 heavy (non-hydrogen) atoms. The molecule has 1 aliphatic heterocycles. The second kappa shape index (κ2) is 10.5. The minimum absolute atomic E-state index is 0.0149.